The summed E-state index contributed by atoms with van der Waals surface area (Å²) in [5, 5.41) is 19.3. The molecule has 26 heavy (non-hydrogen) atoms. The van der Waals surface area contributed by atoms with Gasteiger partial charge < -0.3 is 14.7 Å². The first-order valence-corrected chi connectivity index (χ1v) is 8.64. The number of hydrogen-bond acceptors (Lipinski definition) is 6. The highest BCUT2D eigenvalue weighted by Gasteiger charge is 2.37. The predicted molar refractivity (Wildman–Crippen MR) is 93.8 cm³/mol. The summed E-state index contributed by atoms with van der Waals surface area (Å²) in [6.07, 6.45) is 0.134. The highest BCUT2D eigenvalue weighted by atomic mass is 16.6. The van der Waals surface area contributed by atoms with E-state index in [1.807, 2.05) is 27.7 Å². The number of hydrogen-bond donors (Lipinski definition) is 1. The molecule has 9 nitrogen and oxygen atoms in total. The Morgan fingerprint density at radius 2 is 2.04 bits per heavy atom. The zero-order valence-corrected chi connectivity index (χ0v) is 15.8. The molecule has 9 heteroatoms. The maximum Gasteiger partial charge on any atom is 0.410 e. The van der Waals surface area contributed by atoms with E-state index in [1.165, 1.54) is 5.01 Å². The van der Waals surface area contributed by atoms with Crippen LogP contribution in [0.5, 0.6) is 0 Å². The maximum absolute atomic E-state index is 12.8. The molecule has 1 atom stereocenters. The van der Waals surface area contributed by atoms with E-state index >= 15 is 0 Å². The van der Waals surface area contributed by atoms with Crippen LogP contribution in [0.1, 0.15) is 49.4 Å². The molecular formula is C17H25N5O4. The summed E-state index contributed by atoms with van der Waals surface area (Å²) < 4.78 is 7.08. The van der Waals surface area contributed by atoms with Crippen molar-refractivity contribution in [3.8, 4) is 0 Å². The molecule has 0 bridgehead atoms. The quantitative estimate of drug-likeness (QED) is 0.802. The van der Waals surface area contributed by atoms with Crippen LogP contribution >= 0.6 is 0 Å². The summed E-state index contributed by atoms with van der Waals surface area (Å²) in [6.45, 7) is 7.66. The number of aliphatic hydroxyl groups is 1. The van der Waals surface area contributed by atoms with Gasteiger partial charge in [-0.25, -0.2) is 9.80 Å². The van der Waals surface area contributed by atoms with Crippen molar-refractivity contribution in [3.05, 3.63) is 17.0 Å². The summed E-state index contributed by atoms with van der Waals surface area (Å²) >= 11 is 0. The van der Waals surface area contributed by atoms with Crippen molar-refractivity contribution in [2.24, 2.45) is 5.10 Å². The molecule has 1 N–H and O–H groups in total. The minimum absolute atomic E-state index is 0.0877. The minimum Gasteiger partial charge on any atom is -0.444 e. The van der Waals surface area contributed by atoms with Crippen molar-refractivity contribution >= 4 is 17.7 Å². The third-order valence-corrected chi connectivity index (χ3v) is 4.41. The number of carbonyl (C=O) groups is 2. The van der Waals surface area contributed by atoms with Crippen molar-refractivity contribution in [1.29, 1.82) is 0 Å². The molecule has 142 valence electrons. The summed E-state index contributed by atoms with van der Waals surface area (Å²) in [4.78, 5) is 26.9. The third-order valence-electron chi connectivity index (χ3n) is 4.41. The summed E-state index contributed by atoms with van der Waals surface area (Å²) in [7, 11) is 1.55. The first-order valence-electron chi connectivity index (χ1n) is 8.64. The second-order valence-electron chi connectivity index (χ2n) is 7.75. The Bertz CT molecular complexity index is 777. The van der Waals surface area contributed by atoms with Crippen molar-refractivity contribution in [2.45, 2.75) is 58.8 Å². The number of ether oxygens (including phenoxy) is 1. The van der Waals surface area contributed by atoms with Gasteiger partial charge >= 0.3 is 6.09 Å². The number of nitrogens with zero attached hydrogens (tertiary/aromatic N) is 5. The number of fused-ring (bicyclic) bond motifs is 3. The Labute approximate surface area is 152 Å². The van der Waals surface area contributed by atoms with Gasteiger partial charge in [0.25, 0.3) is 5.91 Å². The first-order chi connectivity index (χ1) is 12.1. The number of carbonyl (C=O) groups excluding carboxylic acids is 2. The average molecular weight is 363 g/mol. The van der Waals surface area contributed by atoms with Gasteiger partial charge in [-0.3, -0.25) is 9.48 Å². The number of aromatic nitrogens is 2. The van der Waals surface area contributed by atoms with Crippen molar-refractivity contribution in [2.75, 3.05) is 13.7 Å². The fraction of sp³-hybridized carbons (Fsp3) is 0.647. The largest absolute Gasteiger partial charge is 0.444 e. The molecule has 0 radical (unpaired) electrons. The Kier molecular flexibility index (Phi) is 4.51. The van der Waals surface area contributed by atoms with Crippen LogP contribution in [0.3, 0.4) is 0 Å². The van der Waals surface area contributed by atoms with Crippen LogP contribution < -0.4 is 0 Å². The van der Waals surface area contributed by atoms with Crippen LogP contribution in [0, 0.1) is 0 Å². The zero-order chi connectivity index (χ0) is 19.2. The van der Waals surface area contributed by atoms with Gasteiger partial charge in [0.15, 0.2) is 0 Å². The van der Waals surface area contributed by atoms with E-state index < -0.39 is 11.7 Å². The highest BCUT2D eigenvalue weighted by Crippen LogP contribution is 2.29. The van der Waals surface area contributed by atoms with Gasteiger partial charge in [-0.2, -0.15) is 10.2 Å². The van der Waals surface area contributed by atoms with E-state index in [-0.39, 0.29) is 31.6 Å². The Morgan fingerprint density at radius 1 is 1.35 bits per heavy atom. The molecule has 2 amide bonds. The topological polar surface area (TPSA) is 100 Å². The molecule has 1 aromatic heterocycles. The molecule has 0 saturated heterocycles. The van der Waals surface area contributed by atoms with Crippen LogP contribution in [0.15, 0.2) is 5.10 Å². The minimum atomic E-state index is -0.590. The molecule has 2 aliphatic rings. The van der Waals surface area contributed by atoms with Gasteiger partial charge in [0.2, 0.25) is 0 Å². The van der Waals surface area contributed by atoms with E-state index in [0.29, 0.717) is 17.8 Å². The molecular weight excluding hydrogens is 338 g/mol. The lowest BCUT2D eigenvalue weighted by Crippen LogP contribution is -2.45. The number of rotatable bonds is 1. The second-order valence-corrected chi connectivity index (χ2v) is 7.75. The molecule has 1 aromatic rings. The zero-order valence-electron chi connectivity index (χ0n) is 15.8. The van der Waals surface area contributed by atoms with Crippen molar-refractivity contribution in [3.63, 3.8) is 0 Å². The number of hydrazone groups is 1. The summed E-state index contributed by atoms with van der Waals surface area (Å²) in [5.41, 5.74) is 1.80. The molecule has 0 aromatic carbocycles. The van der Waals surface area contributed by atoms with E-state index in [4.69, 9.17) is 4.74 Å². The lowest BCUT2D eigenvalue weighted by molar-refractivity contribution is 0.0136. The Balaban J connectivity index is 1.96. The fourth-order valence-electron chi connectivity index (χ4n) is 3.21. The Morgan fingerprint density at radius 3 is 2.65 bits per heavy atom. The molecule has 0 fully saturated rings. The SMILES string of the molecule is C[C@@H]1Cc2nn3c(c2CN1C(=O)OC(C)(C)C)C(=O)N(C)N=C(CO)C3. The van der Waals surface area contributed by atoms with Crippen molar-refractivity contribution in [1.82, 2.24) is 19.7 Å². The smallest absolute Gasteiger partial charge is 0.410 e. The summed E-state index contributed by atoms with van der Waals surface area (Å²) in [5.74, 6) is -0.305. The normalized spacial score (nSPS) is 20.3. The second kappa shape index (κ2) is 6.39. The van der Waals surface area contributed by atoms with Gasteiger partial charge in [-0.15, -0.1) is 0 Å². The fourth-order valence-corrected chi connectivity index (χ4v) is 3.21. The number of aliphatic hydroxyl groups excluding tert-OH is 1. The molecule has 0 unspecified atom stereocenters. The van der Waals surface area contributed by atoms with Gasteiger partial charge in [0.05, 0.1) is 31.1 Å². The van der Waals surface area contributed by atoms with Crippen molar-refractivity contribution < 1.29 is 19.4 Å². The third kappa shape index (κ3) is 3.31. The van der Waals surface area contributed by atoms with Gasteiger partial charge in [-0.1, -0.05) is 0 Å². The monoisotopic (exact) mass is 363 g/mol. The number of amides is 2. The van der Waals surface area contributed by atoms with Crippen LogP contribution in [0.4, 0.5) is 4.79 Å². The standard InChI is InChI=1S/C17H25N5O4/c1-10-6-13-12(8-21(10)16(25)26-17(2,3)4)14-15(24)20(5)18-11(9-23)7-22(14)19-13/h10,23H,6-9H2,1-5H3/t10-/m1/s1. The van der Waals surface area contributed by atoms with E-state index in [2.05, 4.69) is 10.2 Å². The first kappa shape index (κ1) is 18.4. The molecule has 3 heterocycles. The van der Waals surface area contributed by atoms with Gasteiger partial charge in [-0.05, 0) is 27.7 Å². The van der Waals surface area contributed by atoms with E-state index in [0.717, 1.165) is 11.3 Å². The highest BCUT2D eigenvalue weighted by molar-refractivity contribution is 5.98. The molecule has 0 aliphatic carbocycles. The lowest BCUT2D eigenvalue weighted by atomic mass is 9.99. The lowest BCUT2D eigenvalue weighted by Gasteiger charge is -2.34. The van der Waals surface area contributed by atoms with Crippen LogP contribution in [-0.4, -0.2) is 67.8 Å². The van der Waals surface area contributed by atoms with Gasteiger partial charge in [0, 0.05) is 25.1 Å². The van der Waals surface area contributed by atoms with Crippen LogP contribution in [-0.2, 0) is 24.2 Å². The molecule has 0 spiro atoms. The predicted octanol–water partition coefficient (Wildman–Crippen LogP) is 0.999. The summed E-state index contributed by atoms with van der Waals surface area (Å²) in [6, 6.07) is -0.0877. The van der Waals surface area contributed by atoms with E-state index in [1.54, 1.807) is 16.6 Å². The maximum atomic E-state index is 12.8. The van der Waals surface area contributed by atoms with Crippen LogP contribution in [0.25, 0.3) is 0 Å². The van der Waals surface area contributed by atoms with Gasteiger partial charge in [0.1, 0.15) is 11.3 Å². The van der Waals surface area contributed by atoms with E-state index in [9.17, 15) is 14.7 Å². The Hall–Kier alpha value is -2.42. The average Bonchev–Trinajstić information content (AvgIpc) is 2.81. The molecule has 3 rings (SSSR count). The van der Waals surface area contributed by atoms with Crippen LogP contribution in [0.2, 0.25) is 0 Å². The molecule has 0 saturated carbocycles. The molecule has 2 aliphatic heterocycles.